The van der Waals surface area contributed by atoms with Gasteiger partial charge >= 0.3 is 5.97 Å². The van der Waals surface area contributed by atoms with Gasteiger partial charge in [0.1, 0.15) is 0 Å². The van der Waals surface area contributed by atoms with Gasteiger partial charge in [0, 0.05) is 12.4 Å². The summed E-state index contributed by atoms with van der Waals surface area (Å²) < 4.78 is 7.40. The molecule has 1 aromatic heterocycles. The van der Waals surface area contributed by atoms with E-state index in [1.165, 1.54) is 25.7 Å². The Kier molecular flexibility index (Phi) is 3.90. The van der Waals surface area contributed by atoms with Crippen LogP contribution in [0.2, 0.25) is 0 Å². The van der Waals surface area contributed by atoms with E-state index >= 15 is 0 Å². The zero-order chi connectivity index (χ0) is 15.6. The van der Waals surface area contributed by atoms with Crippen molar-refractivity contribution in [1.29, 1.82) is 0 Å². The monoisotopic (exact) mass is 310 g/mol. The SMILES string of the molecule is O=C(OC[C@@H]1C[C@H]2CC[C@H]1C2)[C@@H](c1ccccc1)n1cccn1. The van der Waals surface area contributed by atoms with Crippen molar-refractivity contribution in [2.24, 2.45) is 17.8 Å². The maximum atomic E-state index is 12.7. The molecule has 0 spiro atoms. The van der Waals surface area contributed by atoms with Gasteiger partial charge in [0.15, 0.2) is 6.04 Å². The number of fused-ring (bicyclic) bond motifs is 2. The lowest BCUT2D eigenvalue weighted by molar-refractivity contribution is -0.148. The van der Waals surface area contributed by atoms with Crippen molar-refractivity contribution in [2.45, 2.75) is 31.7 Å². The van der Waals surface area contributed by atoms with E-state index in [2.05, 4.69) is 5.10 Å². The van der Waals surface area contributed by atoms with Gasteiger partial charge in [0.05, 0.1) is 6.61 Å². The molecule has 0 saturated heterocycles. The Bertz CT molecular complexity index is 653. The van der Waals surface area contributed by atoms with Crippen LogP contribution in [0.5, 0.6) is 0 Å². The largest absolute Gasteiger partial charge is 0.464 e. The molecule has 0 amide bonds. The number of benzene rings is 1. The number of carbonyl (C=O) groups is 1. The van der Waals surface area contributed by atoms with Gasteiger partial charge < -0.3 is 4.74 Å². The second-order valence-electron chi connectivity index (χ2n) is 6.86. The third kappa shape index (κ3) is 2.90. The van der Waals surface area contributed by atoms with Crippen LogP contribution in [0.1, 0.15) is 37.3 Å². The molecule has 4 atom stereocenters. The molecular formula is C19H22N2O2. The molecule has 4 heteroatoms. The molecule has 2 aliphatic rings. The molecule has 2 aromatic rings. The van der Waals surface area contributed by atoms with E-state index in [-0.39, 0.29) is 5.97 Å². The highest BCUT2D eigenvalue weighted by Crippen LogP contribution is 2.48. The first-order valence-corrected chi connectivity index (χ1v) is 8.52. The van der Waals surface area contributed by atoms with Gasteiger partial charge in [-0.25, -0.2) is 4.79 Å². The van der Waals surface area contributed by atoms with E-state index in [1.807, 2.05) is 42.6 Å². The smallest absolute Gasteiger partial charge is 0.335 e. The molecule has 1 aromatic carbocycles. The van der Waals surface area contributed by atoms with Crippen LogP contribution in [0.15, 0.2) is 48.8 Å². The van der Waals surface area contributed by atoms with Crippen molar-refractivity contribution < 1.29 is 9.53 Å². The first-order chi connectivity index (χ1) is 11.3. The highest BCUT2D eigenvalue weighted by atomic mass is 16.5. The molecule has 1 heterocycles. The molecule has 120 valence electrons. The fraction of sp³-hybridized carbons (Fsp3) is 0.474. The van der Waals surface area contributed by atoms with Crippen LogP contribution in [0.25, 0.3) is 0 Å². The molecule has 4 nitrogen and oxygen atoms in total. The highest BCUT2D eigenvalue weighted by Gasteiger charge is 2.40. The van der Waals surface area contributed by atoms with Gasteiger partial charge in [0.25, 0.3) is 0 Å². The number of ether oxygens (including phenoxy) is 1. The summed E-state index contributed by atoms with van der Waals surface area (Å²) in [5.74, 6) is 2.00. The minimum atomic E-state index is -0.496. The zero-order valence-electron chi connectivity index (χ0n) is 13.2. The van der Waals surface area contributed by atoms with Gasteiger partial charge in [-0.3, -0.25) is 4.68 Å². The fourth-order valence-corrected chi connectivity index (χ4v) is 4.31. The van der Waals surface area contributed by atoms with Crippen LogP contribution in [-0.4, -0.2) is 22.4 Å². The molecule has 2 saturated carbocycles. The van der Waals surface area contributed by atoms with Crippen LogP contribution >= 0.6 is 0 Å². The van der Waals surface area contributed by atoms with Crippen LogP contribution in [0.4, 0.5) is 0 Å². The van der Waals surface area contributed by atoms with E-state index in [1.54, 1.807) is 10.9 Å². The number of nitrogens with zero attached hydrogens (tertiary/aromatic N) is 2. The molecule has 0 aliphatic heterocycles. The first kappa shape index (κ1) is 14.5. The summed E-state index contributed by atoms with van der Waals surface area (Å²) in [4.78, 5) is 12.7. The predicted octanol–water partition coefficient (Wildman–Crippen LogP) is 3.45. The summed E-state index contributed by atoms with van der Waals surface area (Å²) in [5.41, 5.74) is 0.911. The third-order valence-corrected chi connectivity index (χ3v) is 5.45. The second-order valence-corrected chi connectivity index (χ2v) is 6.86. The second kappa shape index (κ2) is 6.19. The summed E-state index contributed by atoms with van der Waals surface area (Å²) in [7, 11) is 0. The Morgan fingerprint density at radius 3 is 2.74 bits per heavy atom. The molecule has 0 radical (unpaired) electrons. The lowest BCUT2D eigenvalue weighted by atomic mass is 9.89. The lowest BCUT2D eigenvalue weighted by Gasteiger charge is -2.23. The predicted molar refractivity (Wildman–Crippen MR) is 86.7 cm³/mol. The first-order valence-electron chi connectivity index (χ1n) is 8.52. The minimum Gasteiger partial charge on any atom is -0.464 e. The van der Waals surface area contributed by atoms with Gasteiger partial charge in [-0.2, -0.15) is 5.10 Å². The summed E-state index contributed by atoms with van der Waals surface area (Å²) >= 11 is 0. The van der Waals surface area contributed by atoms with Gasteiger partial charge in [-0.05, 0) is 48.6 Å². The Balaban J connectivity index is 1.47. The molecular weight excluding hydrogens is 288 g/mol. The van der Waals surface area contributed by atoms with Gasteiger partial charge in [0.2, 0.25) is 0 Å². The quantitative estimate of drug-likeness (QED) is 0.795. The Hall–Kier alpha value is -2.10. The maximum absolute atomic E-state index is 12.7. The van der Waals surface area contributed by atoms with Crippen molar-refractivity contribution in [3.05, 3.63) is 54.4 Å². The van der Waals surface area contributed by atoms with Crippen molar-refractivity contribution in [2.75, 3.05) is 6.61 Å². The van der Waals surface area contributed by atoms with E-state index in [4.69, 9.17) is 4.74 Å². The van der Waals surface area contributed by atoms with E-state index in [9.17, 15) is 4.79 Å². The summed E-state index contributed by atoms with van der Waals surface area (Å²) in [6.07, 6.45) is 8.76. The molecule has 0 unspecified atom stereocenters. The number of carbonyl (C=O) groups excluding carboxylic acids is 1. The van der Waals surface area contributed by atoms with Gasteiger partial charge in [-0.1, -0.05) is 36.8 Å². The Labute approximate surface area is 136 Å². The number of aromatic nitrogens is 2. The van der Waals surface area contributed by atoms with Gasteiger partial charge in [-0.15, -0.1) is 0 Å². The molecule has 2 fully saturated rings. The zero-order valence-corrected chi connectivity index (χ0v) is 13.2. The van der Waals surface area contributed by atoms with Crippen LogP contribution in [0, 0.1) is 17.8 Å². The molecule has 0 N–H and O–H groups in total. The topological polar surface area (TPSA) is 44.1 Å². The summed E-state index contributed by atoms with van der Waals surface area (Å²) in [6.45, 7) is 0.560. The highest BCUT2D eigenvalue weighted by molar-refractivity contribution is 5.78. The summed E-state index contributed by atoms with van der Waals surface area (Å²) in [5, 5.41) is 4.25. The molecule has 2 aliphatic carbocycles. The van der Waals surface area contributed by atoms with Crippen LogP contribution < -0.4 is 0 Å². The van der Waals surface area contributed by atoms with Crippen LogP contribution in [0.3, 0.4) is 0 Å². The van der Waals surface area contributed by atoms with E-state index < -0.39 is 6.04 Å². The molecule has 4 rings (SSSR count). The minimum absolute atomic E-state index is 0.206. The number of rotatable bonds is 5. The average molecular weight is 310 g/mol. The van der Waals surface area contributed by atoms with Crippen molar-refractivity contribution in [1.82, 2.24) is 9.78 Å². The van der Waals surface area contributed by atoms with E-state index in [0.717, 1.165) is 17.4 Å². The standard InChI is InChI=1S/C19H22N2O2/c22-19(23-13-17-12-14-7-8-16(17)11-14)18(21-10-4-9-20-21)15-5-2-1-3-6-15/h1-6,9-10,14,16-18H,7-8,11-13H2/t14-,16-,17-,18+/m0/s1. The molecule has 2 bridgehead atoms. The average Bonchev–Trinajstić information content (AvgIpc) is 3.32. The van der Waals surface area contributed by atoms with Crippen molar-refractivity contribution in [3.8, 4) is 0 Å². The number of hydrogen-bond acceptors (Lipinski definition) is 3. The number of esters is 1. The van der Waals surface area contributed by atoms with Crippen molar-refractivity contribution >= 4 is 5.97 Å². The molecule has 23 heavy (non-hydrogen) atoms. The Morgan fingerprint density at radius 1 is 1.22 bits per heavy atom. The summed E-state index contributed by atoms with van der Waals surface area (Å²) in [6, 6.07) is 11.1. The third-order valence-electron chi connectivity index (χ3n) is 5.45. The van der Waals surface area contributed by atoms with E-state index in [0.29, 0.717) is 12.5 Å². The normalized spacial score (nSPS) is 27.0. The maximum Gasteiger partial charge on any atom is 0.335 e. The number of hydrogen-bond donors (Lipinski definition) is 0. The Morgan fingerprint density at radius 2 is 2.09 bits per heavy atom. The lowest BCUT2D eigenvalue weighted by Crippen LogP contribution is -2.27. The van der Waals surface area contributed by atoms with Crippen LogP contribution in [-0.2, 0) is 9.53 Å². The fourth-order valence-electron chi connectivity index (χ4n) is 4.31. The van der Waals surface area contributed by atoms with Crippen molar-refractivity contribution in [3.63, 3.8) is 0 Å².